The number of carbonyl (C=O) groups excluding carboxylic acids is 1. The van der Waals surface area contributed by atoms with Gasteiger partial charge in [-0.1, -0.05) is 13.3 Å². The maximum atomic E-state index is 11.5. The monoisotopic (exact) mass is 239 g/mol. The first kappa shape index (κ1) is 13.8. The third-order valence-electron chi connectivity index (χ3n) is 2.55. The molecule has 4 nitrogen and oxygen atoms in total. The summed E-state index contributed by atoms with van der Waals surface area (Å²) < 4.78 is 5.37. The molecule has 0 spiro atoms. The van der Waals surface area contributed by atoms with Gasteiger partial charge in [0.15, 0.2) is 0 Å². The van der Waals surface area contributed by atoms with Crippen molar-refractivity contribution >= 4 is 5.91 Å². The molecule has 0 aliphatic heterocycles. The molecule has 0 aliphatic carbocycles. The van der Waals surface area contributed by atoms with Crippen LogP contribution in [0, 0.1) is 6.92 Å². The number of aryl methyl sites for hydroxylation is 2. The molecule has 1 aromatic rings. The standard InChI is InChI=1S/C13H21NO3/c1-3-4-11(15)9-14-13(16)8-7-12-6-5-10(2)17-12/h5-6,11,15H,3-4,7-9H2,1-2H3,(H,14,16). The fourth-order valence-electron chi connectivity index (χ4n) is 1.61. The Kier molecular flexibility index (Phi) is 5.77. The van der Waals surface area contributed by atoms with Crippen LogP contribution >= 0.6 is 0 Å². The maximum Gasteiger partial charge on any atom is 0.220 e. The zero-order valence-electron chi connectivity index (χ0n) is 10.5. The molecule has 1 heterocycles. The average molecular weight is 239 g/mol. The molecule has 0 radical (unpaired) electrons. The van der Waals surface area contributed by atoms with Crippen LogP contribution in [0.1, 0.15) is 37.7 Å². The SMILES string of the molecule is CCCC(O)CNC(=O)CCc1ccc(C)o1. The molecular weight excluding hydrogens is 218 g/mol. The number of amides is 1. The van der Waals surface area contributed by atoms with Crippen LogP contribution in [0.3, 0.4) is 0 Å². The van der Waals surface area contributed by atoms with Gasteiger partial charge in [0.25, 0.3) is 0 Å². The molecule has 1 atom stereocenters. The molecule has 17 heavy (non-hydrogen) atoms. The first-order valence-corrected chi connectivity index (χ1v) is 6.12. The maximum absolute atomic E-state index is 11.5. The van der Waals surface area contributed by atoms with Crippen LogP contribution in [-0.4, -0.2) is 23.7 Å². The predicted octanol–water partition coefficient (Wildman–Crippen LogP) is 1.80. The van der Waals surface area contributed by atoms with E-state index in [2.05, 4.69) is 5.32 Å². The van der Waals surface area contributed by atoms with Crippen molar-refractivity contribution in [2.75, 3.05) is 6.54 Å². The molecule has 0 aliphatic rings. The van der Waals surface area contributed by atoms with Crippen LogP contribution in [0.15, 0.2) is 16.5 Å². The second kappa shape index (κ2) is 7.12. The van der Waals surface area contributed by atoms with Gasteiger partial charge in [0.05, 0.1) is 6.10 Å². The zero-order chi connectivity index (χ0) is 12.7. The van der Waals surface area contributed by atoms with Crippen molar-refractivity contribution < 1.29 is 14.3 Å². The van der Waals surface area contributed by atoms with E-state index in [-0.39, 0.29) is 5.91 Å². The highest BCUT2D eigenvalue weighted by molar-refractivity contribution is 5.76. The lowest BCUT2D eigenvalue weighted by Crippen LogP contribution is -2.32. The van der Waals surface area contributed by atoms with Crippen molar-refractivity contribution in [2.45, 2.75) is 45.6 Å². The van der Waals surface area contributed by atoms with Gasteiger partial charge in [-0.15, -0.1) is 0 Å². The number of rotatable bonds is 7. The summed E-state index contributed by atoms with van der Waals surface area (Å²) in [5, 5.41) is 12.2. The van der Waals surface area contributed by atoms with Crippen molar-refractivity contribution in [1.82, 2.24) is 5.32 Å². The van der Waals surface area contributed by atoms with Crippen LogP contribution in [0.4, 0.5) is 0 Å². The Labute approximate surface area is 102 Å². The molecule has 0 aromatic carbocycles. The molecule has 0 bridgehead atoms. The van der Waals surface area contributed by atoms with Crippen LogP contribution in [0.5, 0.6) is 0 Å². The Morgan fingerprint density at radius 2 is 2.29 bits per heavy atom. The molecule has 1 aromatic heterocycles. The van der Waals surface area contributed by atoms with E-state index in [1.54, 1.807) is 0 Å². The minimum atomic E-state index is -0.435. The third kappa shape index (κ3) is 5.54. The summed E-state index contributed by atoms with van der Waals surface area (Å²) in [4.78, 5) is 11.5. The predicted molar refractivity (Wildman–Crippen MR) is 65.7 cm³/mol. The number of hydrogen-bond donors (Lipinski definition) is 2. The highest BCUT2D eigenvalue weighted by Gasteiger charge is 2.07. The number of furan rings is 1. The van der Waals surface area contributed by atoms with E-state index >= 15 is 0 Å². The van der Waals surface area contributed by atoms with Crippen molar-refractivity contribution in [3.05, 3.63) is 23.7 Å². The van der Waals surface area contributed by atoms with Crippen molar-refractivity contribution in [3.8, 4) is 0 Å². The number of hydrogen-bond acceptors (Lipinski definition) is 3. The Morgan fingerprint density at radius 1 is 1.53 bits per heavy atom. The van der Waals surface area contributed by atoms with Gasteiger partial charge >= 0.3 is 0 Å². The summed E-state index contributed by atoms with van der Waals surface area (Å²) >= 11 is 0. The van der Waals surface area contributed by atoms with Crippen molar-refractivity contribution in [2.24, 2.45) is 0 Å². The fourth-order valence-corrected chi connectivity index (χ4v) is 1.61. The molecule has 1 rings (SSSR count). The minimum absolute atomic E-state index is 0.0470. The van der Waals surface area contributed by atoms with E-state index in [4.69, 9.17) is 4.42 Å². The molecule has 0 saturated heterocycles. The fraction of sp³-hybridized carbons (Fsp3) is 0.615. The van der Waals surface area contributed by atoms with Crippen LogP contribution in [-0.2, 0) is 11.2 Å². The number of carbonyl (C=O) groups is 1. The smallest absolute Gasteiger partial charge is 0.220 e. The largest absolute Gasteiger partial charge is 0.466 e. The van der Waals surface area contributed by atoms with E-state index in [0.717, 1.165) is 24.4 Å². The summed E-state index contributed by atoms with van der Waals surface area (Å²) in [6.07, 6.45) is 2.20. The van der Waals surface area contributed by atoms with Gasteiger partial charge < -0.3 is 14.8 Å². The van der Waals surface area contributed by atoms with Gasteiger partial charge in [0.2, 0.25) is 5.91 Å². The summed E-state index contributed by atoms with van der Waals surface area (Å²) in [6.45, 7) is 4.22. The Hall–Kier alpha value is -1.29. The Morgan fingerprint density at radius 3 is 2.88 bits per heavy atom. The minimum Gasteiger partial charge on any atom is -0.466 e. The quantitative estimate of drug-likeness (QED) is 0.762. The highest BCUT2D eigenvalue weighted by Crippen LogP contribution is 2.08. The lowest BCUT2D eigenvalue weighted by atomic mass is 10.2. The van der Waals surface area contributed by atoms with E-state index in [1.807, 2.05) is 26.0 Å². The van der Waals surface area contributed by atoms with Gasteiger partial charge in [0, 0.05) is 19.4 Å². The summed E-state index contributed by atoms with van der Waals surface area (Å²) in [5.41, 5.74) is 0. The van der Waals surface area contributed by atoms with Crippen LogP contribution in [0.2, 0.25) is 0 Å². The van der Waals surface area contributed by atoms with E-state index in [1.165, 1.54) is 0 Å². The van der Waals surface area contributed by atoms with Crippen molar-refractivity contribution in [1.29, 1.82) is 0 Å². The Bertz CT molecular complexity index is 346. The van der Waals surface area contributed by atoms with Crippen LogP contribution < -0.4 is 5.32 Å². The summed E-state index contributed by atoms with van der Waals surface area (Å²) in [7, 11) is 0. The molecule has 2 N–H and O–H groups in total. The first-order valence-electron chi connectivity index (χ1n) is 6.12. The number of aliphatic hydroxyl groups excluding tert-OH is 1. The molecule has 1 unspecified atom stereocenters. The van der Waals surface area contributed by atoms with Gasteiger partial charge in [-0.2, -0.15) is 0 Å². The van der Waals surface area contributed by atoms with Gasteiger partial charge in [0.1, 0.15) is 11.5 Å². The zero-order valence-corrected chi connectivity index (χ0v) is 10.5. The molecular formula is C13H21NO3. The number of nitrogens with one attached hydrogen (secondary N) is 1. The lowest BCUT2D eigenvalue weighted by molar-refractivity contribution is -0.121. The number of aliphatic hydroxyl groups is 1. The second-order valence-corrected chi connectivity index (χ2v) is 4.26. The van der Waals surface area contributed by atoms with E-state index in [0.29, 0.717) is 19.4 Å². The topological polar surface area (TPSA) is 62.5 Å². The van der Waals surface area contributed by atoms with E-state index < -0.39 is 6.10 Å². The van der Waals surface area contributed by atoms with Crippen LogP contribution in [0.25, 0.3) is 0 Å². The van der Waals surface area contributed by atoms with Gasteiger partial charge in [-0.25, -0.2) is 0 Å². The lowest BCUT2D eigenvalue weighted by Gasteiger charge is -2.10. The molecule has 0 fully saturated rings. The van der Waals surface area contributed by atoms with Crippen molar-refractivity contribution in [3.63, 3.8) is 0 Å². The highest BCUT2D eigenvalue weighted by atomic mass is 16.3. The Balaban J connectivity index is 2.17. The summed E-state index contributed by atoms with van der Waals surface area (Å²) in [5.74, 6) is 1.64. The normalized spacial score (nSPS) is 12.4. The molecule has 0 saturated carbocycles. The molecule has 96 valence electrons. The first-order chi connectivity index (χ1) is 8.11. The third-order valence-corrected chi connectivity index (χ3v) is 2.55. The molecule has 1 amide bonds. The molecule has 4 heteroatoms. The van der Waals surface area contributed by atoms with Gasteiger partial charge in [-0.05, 0) is 25.5 Å². The van der Waals surface area contributed by atoms with E-state index in [9.17, 15) is 9.90 Å². The van der Waals surface area contributed by atoms with Gasteiger partial charge in [-0.3, -0.25) is 4.79 Å². The second-order valence-electron chi connectivity index (χ2n) is 4.26. The summed E-state index contributed by atoms with van der Waals surface area (Å²) in [6, 6.07) is 3.77. The average Bonchev–Trinajstić information content (AvgIpc) is 2.70.